The summed E-state index contributed by atoms with van der Waals surface area (Å²) in [6.45, 7) is 4.61. The van der Waals surface area contributed by atoms with E-state index in [4.69, 9.17) is 28.3 Å². The van der Waals surface area contributed by atoms with Crippen LogP contribution in [0.2, 0.25) is 10.0 Å². The zero-order valence-corrected chi connectivity index (χ0v) is 17.6. The summed E-state index contributed by atoms with van der Waals surface area (Å²) in [7, 11) is 3.86. The lowest BCUT2D eigenvalue weighted by atomic mass is 10.1. The monoisotopic (exact) mass is 414 g/mol. The molecule has 0 aliphatic carbocycles. The fraction of sp³-hybridized carbons (Fsp3) is 0.250. The van der Waals surface area contributed by atoms with Crippen LogP contribution in [0.3, 0.4) is 0 Å². The van der Waals surface area contributed by atoms with Gasteiger partial charge in [0.25, 0.3) is 0 Å². The van der Waals surface area contributed by atoms with Crippen LogP contribution in [0.25, 0.3) is 22.5 Å². The van der Waals surface area contributed by atoms with E-state index in [1.165, 1.54) is 0 Å². The molecule has 6 nitrogen and oxygen atoms in total. The van der Waals surface area contributed by atoms with E-state index < -0.39 is 0 Å². The van der Waals surface area contributed by atoms with Gasteiger partial charge in [-0.1, -0.05) is 29.3 Å². The highest BCUT2D eigenvalue weighted by Crippen LogP contribution is 2.31. The molecule has 0 radical (unpaired) electrons. The predicted octanol–water partition coefficient (Wildman–Crippen LogP) is 4.66. The van der Waals surface area contributed by atoms with E-state index in [1.807, 2.05) is 66.5 Å². The number of hydrogen-bond acceptors (Lipinski definition) is 3. The maximum absolute atomic E-state index is 6.41. The minimum absolute atomic E-state index is 0.527. The standard InChI is InChI=1S/C20H20Cl2N6/c1-12-16(9-23-26(12)3)19-8-20(17-10-24-27(4)13(17)2)28(25-19)11-14-5-6-15(21)7-18(14)22/h5-10H,11H2,1-4H3. The normalized spacial score (nSPS) is 11.4. The number of aromatic nitrogens is 6. The Morgan fingerprint density at radius 3 is 2.11 bits per heavy atom. The molecule has 28 heavy (non-hydrogen) atoms. The van der Waals surface area contributed by atoms with Crippen LogP contribution in [-0.2, 0) is 20.6 Å². The van der Waals surface area contributed by atoms with E-state index in [9.17, 15) is 0 Å². The highest BCUT2D eigenvalue weighted by Gasteiger charge is 2.18. The van der Waals surface area contributed by atoms with Gasteiger partial charge in [-0.2, -0.15) is 15.3 Å². The van der Waals surface area contributed by atoms with Gasteiger partial charge in [0.05, 0.1) is 30.3 Å². The molecular formula is C20H20Cl2N6. The van der Waals surface area contributed by atoms with Gasteiger partial charge < -0.3 is 0 Å². The van der Waals surface area contributed by atoms with Crippen molar-refractivity contribution in [3.63, 3.8) is 0 Å². The first-order valence-electron chi connectivity index (χ1n) is 8.85. The van der Waals surface area contributed by atoms with E-state index in [1.54, 1.807) is 6.07 Å². The van der Waals surface area contributed by atoms with Crippen LogP contribution in [0.4, 0.5) is 0 Å². The number of nitrogens with zero attached hydrogens (tertiary/aromatic N) is 6. The molecule has 0 saturated carbocycles. The van der Waals surface area contributed by atoms with Crippen molar-refractivity contribution in [3.8, 4) is 22.5 Å². The van der Waals surface area contributed by atoms with Crippen molar-refractivity contribution >= 4 is 23.2 Å². The topological polar surface area (TPSA) is 53.5 Å². The van der Waals surface area contributed by atoms with E-state index in [-0.39, 0.29) is 0 Å². The molecule has 0 atom stereocenters. The van der Waals surface area contributed by atoms with E-state index >= 15 is 0 Å². The van der Waals surface area contributed by atoms with Crippen LogP contribution >= 0.6 is 23.2 Å². The van der Waals surface area contributed by atoms with Gasteiger partial charge in [0.2, 0.25) is 0 Å². The zero-order chi connectivity index (χ0) is 20.0. The summed E-state index contributed by atoms with van der Waals surface area (Å²) in [5.41, 5.74) is 6.97. The van der Waals surface area contributed by atoms with Crippen LogP contribution in [-0.4, -0.2) is 29.3 Å². The number of rotatable bonds is 4. The second-order valence-corrected chi connectivity index (χ2v) is 7.69. The summed E-state index contributed by atoms with van der Waals surface area (Å²) in [4.78, 5) is 0. The Kier molecular flexibility index (Phi) is 4.77. The van der Waals surface area contributed by atoms with Gasteiger partial charge in [0.15, 0.2) is 0 Å². The maximum atomic E-state index is 6.41. The maximum Gasteiger partial charge on any atom is 0.0964 e. The third-order valence-corrected chi connectivity index (χ3v) is 5.72. The van der Waals surface area contributed by atoms with Crippen molar-refractivity contribution < 1.29 is 0 Å². The fourth-order valence-electron chi connectivity index (χ4n) is 3.20. The predicted molar refractivity (Wildman–Crippen MR) is 112 cm³/mol. The van der Waals surface area contributed by atoms with E-state index in [2.05, 4.69) is 16.3 Å². The lowest BCUT2D eigenvalue weighted by Crippen LogP contribution is -2.05. The summed E-state index contributed by atoms with van der Waals surface area (Å²) < 4.78 is 5.66. The highest BCUT2D eigenvalue weighted by atomic mass is 35.5. The number of benzene rings is 1. The van der Waals surface area contributed by atoms with Gasteiger partial charge in [0.1, 0.15) is 0 Å². The lowest BCUT2D eigenvalue weighted by Gasteiger charge is -2.09. The average Bonchev–Trinajstić information content (AvgIpc) is 3.30. The Morgan fingerprint density at radius 1 is 0.893 bits per heavy atom. The molecule has 144 valence electrons. The van der Waals surface area contributed by atoms with Crippen molar-refractivity contribution in [1.29, 1.82) is 0 Å². The molecule has 0 bridgehead atoms. The Labute approximate surface area is 173 Å². The summed E-state index contributed by atoms with van der Waals surface area (Å²) >= 11 is 12.5. The van der Waals surface area contributed by atoms with Crippen molar-refractivity contribution in [2.45, 2.75) is 20.4 Å². The molecule has 0 saturated heterocycles. The van der Waals surface area contributed by atoms with Crippen molar-refractivity contribution in [1.82, 2.24) is 29.3 Å². The molecular weight excluding hydrogens is 395 g/mol. The van der Waals surface area contributed by atoms with Crippen LogP contribution in [0.5, 0.6) is 0 Å². The Balaban J connectivity index is 1.85. The molecule has 3 aromatic heterocycles. The first kappa shape index (κ1) is 18.8. The van der Waals surface area contributed by atoms with Crippen LogP contribution in [0.15, 0.2) is 36.7 Å². The smallest absolute Gasteiger partial charge is 0.0964 e. The van der Waals surface area contributed by atoms with Gasteiger partial charge in [-0.15, -0.1) is 0 Å². The molecule has 0 spiro atoms. The van der Waals surface area contributed by atoms with Crippen LogP contribution in [0, 0.1) is 13.8 Å². The highest BCUT2D eigenvalue weighted by molar-refractivity contribution is 6.35. The molecule has 0 unspecified atom stereocenters. The lowest BCUT2D eigenvalue weighted by molar-refractivity contribution is 0.695. The third-order valence-electron chi connectivity index (χ3n) is 5.14. The molecule has 8 heteroatoms. The van der Waals surface area contributed by atoms with Gasteiger partial charge in [-0.05, 0) is 37.6 Å². The molecule has 4 aromatic rings. The van der Waals surface area contributed by atoms with E-state index in [0.29, 0.717) is 16.6 Å². The number of aryl methyl sites for hydroxylation is 2. The van der Waals surface area contributed by atoms with Gasteiger partial charge in [0, 0.05) is 46.7 Å². The summed E-state index contributed by atoms with van der Waals surface area (Å²) in [6.07, 6.45) is 3.71. The average molecular weight is 415 g/mol. The minimum atomic E-state index is 0.527. The molecule has 0 aliphatic rings. The second kappa shape index (κ2) is 7.11. The molecule has 0 N–H and O–H groups in total. The van der Waals surface area contributed by atoms with Gasteiger partial charge in [-0.3, -0.25) is 14.0 Å². The zero-order valence-electron chi connectivity index (χ0n) is 16.1. The summed E-state index contributed by atoms with van der Waals surface area (Å²) in [6, 6.07) is 7.61. The second-order valence-electron chi connectivity index (χ2n) is 6.84. The molecule has 0 aliphatic heterocycles. The molecule has 1 aromatic carbocycles. The largest absolute Gasteiger partial charge is 0.272 e. The first-order chi connectivity index (χ1) is 13.3. The summed E-state index contributed by atoms with van der Waals surface area (Å²) in [5.74, 6) is 0. The summed E-state index contributed by atoms with van der Waals surface area (Å²) in [5, 5.41) is 14.8. The fourth-order valence-corrected chi connectivity index (χ4v) is 3.67. The van der Waals surface area contributed by atoms with Crippen LogP contribution in [0.1, 0.15) is 17.0 Å². The Bertz CT molecular complexity index is 1170. The Hall–Kier alpha value is -2.57. The molecule has 4 rings (SSSR count). The third kappa shape index (κ3) is 3.23. The first-order valence-corrected chi connectivity index (χ1v) is 9.60. The number of hydrogen-bond donors (Lipinski definition) is 0. The van der Waals surface area contributed by atoms with Crippen molar-refractivity contribution in [2.75, 3.05) is 0 Å². The minimum Gasteiger partial charge on any atom is -0.272 e. The van der Waals surface area contributed by atoms with Gasteiger partial charge >= 0.3 is 0 Å². The van der Waals surface area contributed by atoms with Crippen molar-refractivity contribution in [3.05, 3.63) is 63.7 Å². The molecule has 0 fully saturated rings. The van der Waals surface area contributed by atoms with Crippen LogP contribution < -0.4 is 0 Å². The quantitative estimate of drug-likeness (QED) is 0.487. The molecule has 0 amide bonds. The van der Waals surface area contributed by atoms with Crippen molar-refractivity contribution in [2.24, 2.45) is 14.1 Å². The molecule has 3 heterocycles. The Morgan fingerprint density at radius 2 is 1.54 bits per heavy atom. The number of halogens is 2. The SMILES string of the molecule is Cc1c(-c2cc(-c3cnn(C)c3C)n(Cc3ccc(Cl)cc3Cl)n2)cnn1C. The van der Waals surface area contributed by atoms with E-state index in [0.717, 1.165) is 39.5 Å². The van der Waals surface area contributed by atoms with Gasteiger partial charge in [-0.25, -0.2) is 0 Å².